The number of oxazole rings is 1. The standard InChI is InChI=1S/C20H21NO3/c1-11-8-9-16-17(10-11)24-18(21-16)7-5-6-15-14(4)19(22)12(2)13(3)20(15)23/h8-10H,5-7H2,1-4H3. The Labute approximate surface area is 141 Å². The highest BCUT2D eigenvalue weighted by Crippen LogP contribution is 2.27. The second-order valence-electron chi connectivity index (χ2n) is 6.44. The summed E-state index contributed by atoms with van der Waals surface area (Å²) in [5.74, 6) is 0.657. The van der Waals surface area contributed by atoms with E-state index < -0.39 is 0 Å². The van der Waals surface area contributed by atoms with Crippen molar-refractivity contribution in [2.24, 2.45) is 0 Å². The van der Waals surface area contributed by atoms with E-state index in [0.717, 1.165) is 23.1 Å². The second-order valence-corrected chi connectivity index (χ2v) is 6.44. The topological polar surface area (TPSA) is 60.2 Å². The van der Waals surface area contributed by atoms with Crippen LogP contribution in [0.4, 0.5) is 0 Å². The number of carbonyl (C=O) groups is 2. The minimum Gasteiger partial charge on any atom is -0.441 e. The van der Waals surface area contributed by atoms with Crippen LogP contribution in [-0.2, 0) is 16.0 Å². The van der Waals surface area contributed by atoms with Crippen LogP contribution in [0.5, 0.6) is 0 Å². The molecule has 1 aliphatic rings. The second kappa shape index (κ2) is 6.19. The van der Waals surface area contributed by atoms with Crippen molar-refractivity contribution in [1.82, 2.24) is 4.98 Å². The maximum atomic E-state index is 12.4. The predicted octanol–water partition coefficient (Wildman–Crippen LogP) is 4.26. The fraction of sp³-hybridized carbons (Fsp3) is 0.350. The van der Waals surface area contributed by atoms with Gasteiger partial charge in [0.15, 0.2) is 23.0 Å². The maximum Gasteiger partial charge on any atom is 0.195 e. The number of benzene rings is 1. The van der Waals surface area contributed by atoms with Crippen LogP contribution in [0.3, 0.4) is 0 Å². The van der Waals surface area contributed by atoms with Crippen LogP contribution in [0, 0.1) is 6.92 Å². The molecule has 0 saturated carbocycles. The highest BCUT2D eigenvalue weighted by molar-refractivity contribution is 6.24. The van der Waals surface area contributed by atoms with Crippen LogP contribution in [0.15, 0.2) is 44.9 Å². The van der Waals surface area contributed by atoms with Crippen LogP contribution < -0.4 is 0 Å². The fourth-order valence-corrected chi connectivity index (χ4v) is 3.06. The third kappa shape index (κ3) is 2.84. The first-order valence-electron chi connectivity index (χ1n) is 8.21. The quantitative estimate of drug-likeness (QED) is 0.789. The molecule has 1 heterocycles. The number of Topliss-reactive ketones (excluding diaryl/α,β-unsaturated/α-hetero) is 2. The highest BCUT2D eigenvalue weighted by atomic mass is 16.3. The van der Waals surface area contributed by atoms with Gasteiger partial charge in [0.05, 0.1) is 0 Å². The molecule has 24 heavy (non-hydrogen) atoms. The minimum atomic E-state index is -0.0144. The van der Waals surface area contributed by atoms with Gasteiger partial charge in [0.25, 0.3) is 0 Å². The molecule has 2 aromatic rings. The molecule has 0 unspecified atom stereocenters. The van der Waals surface area contributed by atoms with Gasteiger partial charge in [-0.1, -0.05) is 6.07 Å². The van der Waals surface area contributed by atoms with Gasteiger partial charge in [0.2, 0.25) is 0 Å². The molecule has 0 saturated heterocycles. The van der Waals surface area contributed by atoms with E-state index in [0.29, 0.717) is 41.0 Å². The van der Waals surface area contributed by atoms with Gasteiger partial charge in [-0.05, 0) is 58.2 Å². The third-order valence-electron chi connectivity index (χ3n) is 4.72. The van der Waals surface area contributed by atoms with Gasteiger partial charge in [0, 0.05) is 28.7 Å². The number of carbonyl (C=O) groups excluding carboxylic acids is 2. The van der Waals surface area contributed by atoms with Gasteiger partial charge in [-0.25, -0.2) is 4.98 Å². The molecule has 0 amide bonds. The van der Waals surface area contributed by atoms with Crippen LogP contribution in [-0.4, -0.2) is 16.6 Å². The van der Waals surface area contributed by atoms with Crippen LogP contribution in [0.1, 0.15) is 45.1 Å². The summed E-state index contributed by atoms with van der Waals surface area (Å²) >= 11 is 0. The lowest BCUT2D eigenvalue weighted by molar-refractivity contribution is -0.116. The Kier molecular flexibility index (Phi) is 4.22. The normalized spacial score (nSPS) is 15.8. The van der Waals surface area contributed by atoms with Crippen molar-refractivity contribution < 1.29 is 14.0 Å². The molecule has 0 spiro atoms. The Balaban J connectivity index is 1.71. The molecule has 4 heteroatoms. The third-order valence-corrected chi connectivity index (χ3v) is 4.72. The number of hydrogen-bond acceptors (Lipinski definition) is 4. The summed E-state index contributed by atoms with van der Waals surface area (Å²) < 4.78 is 5.76. The van der Waals surface area contributed by atoms with Crippen molar-refractivity contribution in [3.8, 4) is 0 Å². The molecule has 1 aliphatic carbocycles. The van der Waals surface area contributed by atoms with E-state index in [-0.39, 0.29) is 11.6 Å². The maximum absolute atomic E-state index is 12.4. The van der Waals surface area contributed by atoms with E-state index in [9.17, 15) is 9.59 Å². The lowest BCUT2D eigenvalue weighted by Gasteiger charge is -2.18. The number of hydrogen-bond donors (Lipinski definition) is 0. The van der Waals surface area contributed by atoms with E-state index in [1.807, 2.05) is 25.1 Å². The molecule has 1 aromatic carbocycles. The lowest BCUT2D eigenvalue weighted by Crippen LogP contribution is -2.20. The van der Waals surface area contributed by atoms with Crippen molar-refractivity contribution in [2.75, 3.05) is 0 Å². The van der Waals surface area contributed by atoms with Crippen LogP contribution >= 0.6 is 0 Å². The molecule has 4 nitrogen and oxygen atoms in total. The van der Waals surface area contributed by atoms with Gasteiger partial charge in [-0.3, -0.25) is 9.59 Å². The SMILES string of the molecule is CC1=C(C)C(=O)C(CCCc2nc3ccc(C)cc3o2)=C(C)C1=O. The molecule has 124 valence electrons. The van der Waals surface area contributed by atoms with E-state index in [2.05, 4.69) is 4.98 Å². The Hall–Kier alpha value is -2.49. The molecule has 0 fully saturated rings. The lowest BCUT2D eigenvalue weighted by atomic mass is 9.84. The van der Waals surface area contributed by atoms with Crippen molar-refractivity contribution in [2.45, 2.75) is 47.0 Å². The minimum absolute atomic E-state index is 0.00205. The summed E-state index contributed by atoms with van der Waals surface area (Å²) in [6.07, 6.45) is 1.94. The first kappa shape index (κ1) is 16.4. The number of nitrogens with zero attached hydrogens (tertiary/aromatic N) is 1. The number of rotatable bonds is 4. The first-order chi connectivity index (χ1) is 11.4. The number of allylic oxidation sites excluding steroid dienone is 4. The summed E-state index contributed by atoms with van der Waals surface area (Å²) in [5.41, 5.74) is 5.12. The molecule has 1 aromatic heterocycles. The molecular weight excluding hydrogens is 302 g/mol. The Morgan fingerprint density at radius 2 is 1.62 bits per heavy atom. The number of aryl methyl sites for hydroxylation is 2. The summed E-state index contributed by atoms with van der Waals surface area (Å²) in [6, 6.07) is 5.93. The van der Waals surface area contributed by atoms with Crippen molar-refractivity contribution in [1.29, 1.82) is 0 Å². The van der Waals surface area contributed by atoms with Gasteiger partial charge in [-0.15, -0.1) is 0 Å². The van der Waals surface area contributed by atoms with Gasteiger partial charge in [0.1, 0.15) is 5.52 Å². The molecule has 0 N–H and O–H groups in total. The zero-order chi connectivity index (χ0) is 17.4. The Bertz CT molecular complexity index is 912. The van der Waals surface area contributed by atoms with Gasteiger partial charge < -0.3 is 4.42 Å². The van der Waals surface area contributed by atoms with Crippen molar-refractivity contribution >= 4 is 22.7 Å². The number of ketones is 2. The summed E-state index contributed by atoms with van der Waals surface area (Å²) in [4.78, 5) is 29.1. The van der Waals surface area contributed by atoms with Crippen molar-refractivity contribution in [3.05, 3.63) is 51.9 Å². The molecule has 0 atom stereocenters. The fourth-order valence-electron chi connectivity index (χ4n) is 3.06. The molecule has 0 bridgehead atoms. The molecular formula is C20H21NO3. The van der Waals surface area contributed by atoms with Crippen molar-refractivity contribution in [3.63, 3.8) is 0 Å². The zero-order valence-corrected chi connectivity index (χ0v) is 14.5. The van der Waals surface area contributed by atoms with Gasteiger partial charge in [-0.2, -0.15) is 0 Å². The summed E-state index contributed by atoms with van der Waals surface area (Å²) in [7, 11) is 0. The summed E-state index contributed by atoms with van der Waals surface area (Å²) in [6.45, 7) is 7.20. The zero-order valence-electron chi connectivity index (χ0n) is 14.5. The predicted molar refractivity (Wildman–Crippen MR) is 92.8 cm³/mol. The molecule has 3 rings (SSSR count). The van der Waals surface area contributed by atoms with E-state index in [1.54, 1.807) is 20.8 Å². The number of fused-ring (bicyclic) bond motifs is 1. The molecule has 0 aliphatic heterocycles. The Morgan fingerprint density at radius 1 is 0.917 bits per heavy atom. The monoisotopic (exact) mass is 323 g/mol. The summed E-state index contributed by atoms with van der Waals surface area (Å²) in [5, 5.41) is 0. The average Bonchev–Trinajstić information content (AvgIpc) is 2.96. The number of aromatic nitrogens is 1. The van der Waals surface area contributed by atoms with Crippen LogP contribution in [0.25, 0.3) is 11.1 Å². The smallest absolute Gasteiger partial charge is 0.195 e. The Morgan fingerprint density at radius 3 is 2.38 bits per heavy atom. The van der Waals surface area contributed by atoms with E-state index in [4.69, 9.17) is 4.42 Å². The molecule has 0 radical (unpaired) electrons. The van der Waals surface area contributed by atoms with E-state index >= 15 is 0 Å². The first-order valence-corrected chi connectivity index (χ1v) is 8.21. The largest absolute Gasteiger partial charge is 0.441 e. The van der Waals surface area contributed by atoms with Gasteiger partial charge >= 0.3 is 0 Å². The van der Waals surface area contributed by atoms with E-state index in [1.165, 1.54) is 0 Å². The average molecular weight is 323 g/mol. The van der Waals surface area contributed by atoms with Crippen LogP contribution in [0.2, 0.25) is 0 Å². The highest BCUT2D eigenvalue weighted by Gasteiger charge is 2.27.